The van der Waals surface area contributed by atoms with Gasteiger partial charge in [0.25, 0.3) is 0 Å². The van der Waals surface area contributed by atoms with Crippen LogP contribution in [0.2, 0.25) is 0 Å². The highest BCUT2D eigenvalue weighted by Crippen LogP contribution is 2.24. The van der Waals surface area contributed by atoms with Crippen LogP contribution in [-0.4, -0.2) is 0 Å². The molecule has 0 aromatic heterocycles. The van der Waals surface area contributed by atoms with Gasteiger partial charge in [-0.25, -0.2) is 0 Å². The summed E-state index contributed by atoms with van der Waals surface area (Å²) in [6.45, 7) is 6.96. The molecule has 0 saturated heterocycles. The molecular weight excluding hydrogens is 721 g/mol. The smallest absolute Gasteiger partial charge is 0.0273 e. The van der Waals surface area contributed by atoms with E-state index in [9.17, 15) is 0 Å². The molecule has 0 fully saturated rings. The SMILES string of the molecule is CCCCCCCCCCCCCCCCCCc1cccc(CCCCCCCCCCCCCCCCCC)c1CCCCCCCCCCCCCCCCCC. The molecule has 0 radical (unpaired) electrons. The van der Waals surface area contributed by atoms with Crippen molar-refractivity contribution < 1.29 is 0 Å². The molecule has 0 amide bonds. The Morgan fingerprint density at radius 2 is 0.367 bits per heavy atom. The van der Waals surface area contributed by atoms with Crippen LogP contribution in [-0.2, 0) is 19.3 Å². The summed E-state index contributed by atoms with van der Waals surface area (Å²) >= 11 is 0. The van der Waals surface area contributed by atoms with E-state index >= 15 is 0 Å². The molecule has 0 heteroatoms. The molecule has 0 atom stereocenters. The average molecular weight is 836 g/mol. The van der Waals surface area contributed by atoms with Crippen LogP contribution in [0.25, 0.3) is 0 Å². The van der Waals surface area contributed by atoms with Gasteiger partial charge in [0.2, 0.25) is 0 Å². The standard InChI is InChI=1S/C60H114/c1-4-7-10-13-16-19-22-25-28-31-34-37-40-43-46-49-53-58-55-52-56-59(54-50-47-44-41-38-35-32-29-26-23-20-17-14-11-8-5-2)60(58)57-51-48-45-42-39-36-33-30-27-24-21-18-15-12-9-6-3/h52,55-56H,4-51,53-54,57H2,1-3H3. The number of hydrogen-bond acceptors (Lipinski definition) is 0. The first-order valence-corrected chi connectivity index (χ1v) is 28.9. The zero-order chi connectivity index (χ0) is 42.9. The maximum atomic E-state index is 2.52. The Balaban J connectivity index is 2.30. The van der Waals surface area contributed by atoms with Crippen LogP contribution < -0.4 is 0 Å². The lowest BCUT2D eigenvalue weighted by Gasteiger charge is -2.16. The second-order valence-electron chi connectivity index (χ2n) is 20.2. The maximum Gasteiger partial charge on any atom is -0.0273 e. The van der Waals surface area contributed by atoms with Gasteiger partial charge in [0.05, 0.1) is 0 Å². The minimum Gasteiger partial charge on any atom is -0.0654 e. The van der Waals surface area contributed by atoms with Crippen LogP contribution in [0.4, 0.5) is 0 Å². The molecule has 1 aromatic rings. The van der Waals surface area contributed by atoms with Crippen molar-refractivity contribution in [3.63, 3.8) is 0 Å². The van der Waals surface area contributed by atoms with Crippen molar-refractivity contribution in [3.05, 3.63) is 34.9 Å². The molecule has 0 saturated carbocycles. The monoisotopic (exact) mass is 835 g/mol. The van der Waals surface area contributed by atoms with Crippen molar-refractivity contribution in [3.8, 4) is 0 Å². The van der Waals surface area contributed by atoms with E-state index in [0.29, 0.717) is 0 Å². The van der Waals surface area contributed by atoms with Crippen LogP contribution in [0.3, 0.4) is 0 Å². The molecule has 0 heterocycles. The molecule has 0 unspecified atom stereocenters. The minimum absolute atomic E-state index is 1.32. The molecular formula is C60H114. The van der Waals surface area contributed by atoms with Crippen LogP contribution in [0.1, 0.15) is 346 Å². The number of hydrogen-bond donors (Lipinski definition) is 0. The Morgan fingerprint density at radius 1 is 0.200 bits per heavy atom. The number of unbranched alkanes of at least 4 members (excludes halogenated alkanes) is 45. The quantitative estimate of drug-likeness (QED) is 0.0574. The van der Waals surface area contributed by atoms with Gasteiger partial charge < -0.3 is 0 Å². The first-order valence-electron chi connectivity index (χ1n) is 28.9. The fraction of sp³-hybridized carbons (Fsp3) is 0.900. The molecule has 354 valence electrons. The Kier molecular flexibility index (Phi) is 47.0. The van der Waals surface area contributed by atoms with Crippen molar-refractivity contribution in [2.24, 2.45) is 0 Å². The van der Waals surface area contributed by atoms with E-state index in [1.54, 1.807) is 16.7 Å². The maximum absolute atomic E-state index is 2.52. The summed E-state index contributed by atoms with van der Waals surface area (Å²) in [5, 5.41) is 0. The Labute approximate surface area is 381 Å². The van der Waals surface area contributed by atoms with Crippen LogP contribution in [0.15, 0.2) is 18.2 Å². The summed E-state index contributed by atoms with van der Waals surface area (Å²) < 4.78 is 0. The van der Waals surface area contributed by atoms with Crippen LogP contribution >= 0.6 is 0 Å². The van der Waals surface area contributed by atoms with Gasteiger partial charge >= 0.3 is 0 Å². The Hall–Kier alpha value is -0.780. The number of benzene rings is 1. The molecule has 0 aliphatic carbocycles. The van der Waals surface area contributed by atoms with E-state index in [-0.39, 0.29) is 0 Å². The third kappa shape index (κ3) is 40.0. The molecule has 60 heavy (non-hydrogen) atoms. The van der Waals surface area contributed by atoms with Crippen molar-refractivity contribution in [2.75, 3.05) is 0 Å². The zero-order valence-corrected chi connectivity index (χ0v) is 42.3. The molecule has 0 aliphatic rings. The normalized spacial score (nSPS) is 11.7. The van der Waals surface area contributed by atoms with Crippen LogP contribution in [0, 0.1) is 0 Å². The van der Waals surface area contributed by atoms with E-state index in [1.807, 2.05) is 0 Å². The molecule has 0 bridgehead atoms. The van der Waals surface area contributed by atoms with Gasteiger partial charge in [-0.05, 0) is 55.2 Å². The highest BCUT2D eigenvalue weighted by molar-refractivity contribution is 5.36. The first kappa shape index (κ1) is 57.2. The van der Waals surface area contributed by atoms with E-state index in [4.69, 9.17) is 0 Å². The predicted octanol–water partition coefficient (Wildman–Crippen LogP) is 22.1. The summed E-state index contributed by atoms with van der Waals surface area (Å²) in [6, 6.07) is 7.45. The molecule has 0 nitrogen and oxygen atoms in total. The summed E-state index contributed by atoms with van der Waals surface area (Å²) in [6.07, 6.45) is 73.9. The third-order valence-corrected chi connectivity index (χ3v) is 14.2. The largest absolute Gasteiger partial charge is 0.0654 e. The predicted molar refractivity (Wildman–Crippen MR) is 276 cm³/mol. The zero-order valence-electron chi connectivity index (χ0n) is 42.3. The minimum atomic E-state index is 1.32. The van der Waals surface area contributed by atoms with Gasteiger partial charge in [-0.3, -0.25) is 0 Å². The second-order valence-corrected chi connectivity index (χ2v) is 20.2. The van der Waals surface area contributed by atoms with Crippen molar-refractivity contribution in [2.45, 2.75) is 348 Å². The third-order valence-electron chi connectivity index (χ3n) is 14.2. The number of aryl methyl sites for hydroxylation is 2. The summed E-state index contributed by atoms with van der Waals surface area (Å²) in [5.41, 5.74) is 5.22. The molecule has 1 rings (SSSR count). The Bertz CT molecular complexity index is 874. The Morgan fingerprint density at radius 3 is 0.567 bits per heavy atom. The van der Waals surface area contributed by atoms with Crippen LogP contribution in [0.5, 0.6) is 0 Å². The lowest BCUT2D eigenvalue weighted by molar-refractivity contribution is 0.527. The van der Waals surface area contributed by atoms with Crippen molar-refractivity contribution in [1.82, 2.24) is 0 Å². The molecule has 0 spiro atoms. The first-order chi connectivity index (χ1) is 29.8. The topological polar surface area (TPSA) is 0 Å². The number of rotatable bonds is 51. The van der Waals surface area contributed by atoms with Gasteiger partial charge in [-0.2, -0.15) is 0 Å². The molecule has 0 aliphatic heterocycles. The van der Waals surface area contributed by atoms with E-state index in [2.05, 4.69) is 39.0 Å². The van der Waals surface area contributed by atoms with E-state index in [0.717, 1.165) is 0 Å². The molecule has 1 aromatic carbocycles. The highest BCUT2D eigenvalue weighted by atomic mass is 14.1. The fourth-order valence-corrected chi connectivity index (χ4v) is 10.1. The summed E-state index contributed by atoms with van der Waals surface area (Å²) in [7, 11) is 0. The highest BCUT2D eigenvalue weighted by Gasteiger charge is 2.09. The second kappa shape index (κ2) is 49.2. The van der Waals surface area contributed by atoms with Gasteiger partial charge in [-0.15, -0.1) is 0 Å². The summed E-state index contributed by atoms with van der Waals surface area (Å²) in [4.78, 5) is 0. The van der Waals surface area contributed by atoms with Gasteiger partial charge in [0.1, 0.15) is 0 Å². The van der Waals surface area contributed by atoms with Crippen molar-refractivity contribution >= 4 is 0 Å². The van der Waals surface area contributed by atoms with E-state index < -0.39 is 0 Å². The summed E-state index contributed by atoms with van der Waals surface area (Å²) in [5.74, 6) is 0. The van der Waals surface area contributed by atoms with E-state index in [1.165, 1.54) is 327 Å². The fourth-order valence-electron chi connectivity index (χ4n) is 10.1. The lowest BCUT2D eigenvalue weighted by Crippen LogP contribution is -2.02. The molecule has 0 N–H and O–H groups in total. The lowest BCUT2D eigenvalue weighted by atomic mass is 9.90. The van der Waals surface area contributed by atoms with Gasteiger partial charge in [-0.1, -0.05) is 328 Å². The van der Waals surface area contributed by atoms with Gasteiger partial charge in [0.15, 0.2) is 0 Å². The average Bonchev–Trinajstić information content (AvgIpc) is 3.26. The van der Waals surface area contributed by atoms with Crippen molar-refractivity contribution in [1.29, 1.82) is 0 Å². The van der Waals surface area contributed by atoms with Gasteiger partial charge in [0, 0.05) is 0 Å².